The zero-order chi connectivity index (χ0) is 20.5. The number of guanidine groups is 1. The Morgan fingerprint density at radius 1 is 1.21 bits per heavy atom. The number of carbonyl (C=O) groups is 1. The molecule has 1 heterocycles. The second-order valence-corrected chi connectivity index (χ2v) is 8.38. The summed E-state index contributed by atoms with van der Waals surface area (Å²) in [6.45, 7) is 7.21. The van der Waals surface area contributed by atoms with Crippen LogP contribution in [0.3, 0.4) is 0 Å². The summed E-state index contributed by atoms with van der Waals surface area (Å²) in [7, 11) is 0. The van der Waals surface area contributed by atoms with Crippen molar-refractivity contribution in [3.63, 3.8) is 0 Å². The van der Waals surface area contributed by atoms with Gasteiger partial charge in [-0.25, -0.2) is 0 Å². The van der Waals surface area contributed by atoms with Crippen LogP contribution in [-0.2, 0) is 10.5 Å². The molecule has 0 spiro atoms. The predicted molar refractivity (Wildman–Crippen MR) is 125 cm³/mol. The first-order valence-corrected chi connectivity index (χ1v) is 11.7. The van der Waals surface area contributed by atoms with Gasteiger partial charge in [0.05, 0.1) is 6.54 Å². The molecule has 0 bridgehead atoms. The van der Waals surface area contributed by atoms with Crippen molar-refractivity contribution in [3.8, 4) is 0 Å². The molecular weight excluding hydrogens is 380 g/mol. The summed E-state index contributed by atoms with van der Waals surface area (Å²) >= 11 is 1.92. The van der Waals surface area contributed by atoms with Gasteiger partial charge in [0.1, 0.15) is 0 Å². The highest BCUT2D eigenvalue weighted by atomic mass is 32.2. The Morgan fingerprint density at radius 3 is 2.86 bits per heavy atom. The molecule has 5 nitrogen and oxygen atoms in total. The molecule has 3 rings (SSSR count). The zero-order valence-corrected chi connectivity index (χ0v) is 18.3. The van der Waals surface area contributed by atoms with Gasteiger partial charge in [-0.15, -0.1) is 0 Å². The fraction of sp³-hybridized carbons (Fsp3) is 0.478. The minimum Gasteiger partial charge on any atom is -0.357 e. The lowest BCUT2D eigenvalue weighted by atomic mass is 10.1. The lowest BCUT2D eigenvalue weighted by Crippen LogP contribution is -2.45. The van der Waals surface area contributed by atoms with E-state index in [2.05, 4.69) is 60.0 Å². The number of aliphatic imine (C=N–C) groups is 1. The SMILES string of the molecule is CCNC(=NCCSCc1cccc2ccccc12)NC1CCN(C(=O)CC)C1. The molecule has 156 valence electrons. The first-order valence-electron chi connectivity index (χ1n) is 10.6. The molecule has 2 N–H and O–H groups in total. The van der Waals surface area contributed by atoms with Gasteiger partial charge in [0.15, 0.2) is 5.96 Å². The van der Waals surface area contributed by atoms with E-state index in [0.29, 0.717) is 6.42 Å². The Bertz CT molecular complexity index is 833. The number of nitrogens with one attached hydrogen (secondary N) is 2. The largest absolute Gasteiger partial charge is 0.357 e. The number of fused-ring (bicyclic) bond motifs is 1. The molecule has 0 aliphatic carbocycles. The van der Waals surface area contributed by atoms with Gasteiger partial charge in [-0.05, 0) is 29.7 Å². The Hall–Kier alpha value is -2.21. The standard InChI is InChI=1S/C23H32N4OS/c1-3-22(28)27-14-12-20(16-27)26-23(24-4-2)25-13-15-29-17-19-10-7-9-18-8-5-6-11-21(18)19/h5-11,20H,3-4,12-17H2,1-2H3,(H2,24,25,26). The van der Waals surface area contributed by atoms with Crippen LogP contribution in [0.4, 0.5) is 0 Å². The van der Waals surface area contributed by atoms with E-state index in [1.807, 2.05) is 23.6 Å². The van der Waals surface area contributed by atoms with Gasteiger partial charge in [0.2, 0.25) is 5.91 Å². The molecule has 2 aromatic rings. The molecule has 1 amide bonds. The highest BCUT2D eigenvalue weighted by Crippen LogP contribution is 2.22. The molecule has 1 fully saturated rings. The summed E-state index contributed by atoms with van der Waals surface area (Å²) < 4.78 is 0. The molecule has 1 aliphatic rings. The van der Waals surface area contributed by atoms with E-state index in [0.717, 1.165) is 50.1 Å². The Balaban J connectivity index is 1.46. The van der Waals surface area contributed by atoms with Gasteiger partial charge in [0, 0.05) is 43.6 Å². The van der Waals surface area contributed by atoms with Gasteiger partial charge >= 0.3 is 0 Å². The molecular formula is C23H32N4OS. The molecule has 1 unspecified atom stereocenters. The molecule has 6 heteroatoms. The van der Waals surface area contributed by atoms with Crippen LogP contribution in [0.1, 0.15) is 32.3 Å². The van der Waals surface area contributed by atoms with Crippen molar-refractivity contribution in [2.75, 3.05) is 31.9 Å². The normalized spacial score (nSPS) is 17.0. The van der Waals surface area contributed by atoms with E-state index < -0.39 is 0 Å². The van der Waals surface area contributed by atoms with E-state index in [1.165, 1.54) is 16.3 Å². The number of nitrogens with zero attached hydrogens (tertiary/aromatic N) is 2. The zero-order valence-electron chi connectivity index (χ0n) is 17.5. The highest BCUT2D eigenvalue weighted by molar-refractivity contribution is 7.98. The minimum absolute atomic E-state index is 0.237. The van der Waals surface area contributed by atoms with Crippen molar-refractivity contribution in [1.29, 1.82) is 0 Å². The molecule has 0 saturated carbocycles. The van der Waals surface area contributed by atoms with Crippen molar-refractivity contribution in [2.45, 2.75) is 38.5 Å². The first kappa shape index (κ1) is 21.5. The molecule has 0 radical (unpaired) electrons. The third-order valence-corrected chi connectivity index (χ3v) is 6.16. The van der Waals surface area contributed by atoms with E-state index >= 15 is 0 Å². The second kappa shape index (κ2) is 11.1. The fourth-order valence-corrected chi connectivity index (χ4v) is 4.50. The minimum atomic E-state index is 0.237. The number of likely N-dealkylation sites (tertiary alicyclic amines) is 1. The lowest BCUT2D eigenvalue weighted by molar-refractivity contribution is -0.129. The Morgan fingerprint density at radius 2 is 2.03 bits per heavy atom. The highest BCUT2D eigenvalue weighted by Gasteiger charge is 2.25. The van der Waals surface area contributed by atoms with Crippen LogP contribution in [0, 0.1) is 0 Å². The molecule has 2 aromatic carbocycles. The number of amides is 1. The van der Waals surface area contributed by atoms with Gasteiger partial charge in [0.25, 0.3) is 0 Å². The number of thioether (sulfide) groups is 1. The smallest absolute Gasteiger partial charge is 0.222 e. The maximum absolute atomic E-state index is 11.9. The van der Waals surface area contributed by atoms with Crippen LogP contribution in [0.5, 0.6) is 0 Å². The quantitative estimate of drug-likeness (QED) is 0.395. The van der Waals surface area contributed by atoms with Gasteiger partial charge in [-0.1, -0.05) is 49.4 Å². The average Bonchev–Trinajstić information content (AvgIpc) is 3.21. The van der Waals surface area contributed by atoms with Crippen molar-refractivity contribution in [1.82, 2.24) is 15.5 Å². The van der Waals surface area contributed by atoms with Gasteiger partial charge in [-0.2, -0.15) is 11.8 Å². The van der Waals surface area contributed by atoms with Crippen LogP contribution in [0.2, 0.25) is 0 Å². The summed E-state index contributed by atoms with van der Waals surface area (Å²) in [6, 6.07) is 15.4. The number of hydrogen-bond donors (Lipinski definition) is 2. The molecule has 0 aromatic heterocycles. The number of benzene rings is 2. The van der Waals surface area contributed by atoms with Gasteiger partial charge < -0.3 is 15.5 Å². The third-order valence-electron chi connectivity index (χ3n) is 5.17. The number of carbonyl (C=O) groups excluding carboxylic acids is 1. The van der Waals surface area contributed by atoms with Crippen LogP contribution in [-0.4, -0.2) is 54.7 Å². The lowest BCUT2D eigenvalue weighted by Gasteiger charge is -2.18. The van der Waals surface area contributed by atoms with E-state index in [-0.39, 0.29) is 11.9 Å². The fourth-order valence-electron chi connectivity index (χ4n) is 3.66. The summed E-state index contributed by atoms with van der Waals surface area (Å²) in [6.07, 6.45) is 1.56. The van der Waals surface area contributed by atoms with E-state index in [1.54, 1.807) is 0 Å². The average molecular weight is 413 g/mol. The predicted octanol–water partition coefficient (Wildman–Crippen LogP) is 3.64. The van der Waals surface area contributed by atoms with Crippen LogP contribution < -0.4 is 10.6 Å². The Kier molecular flexibility index (Phi) is 8.23. The van der Waals surface area contributed by atoms with Gasteiger partial charge in [-0.3, -0.25) is 9.79 Å². The summed E-state index contributed by atoms with van der Waals surface area (Å²) in [5, 5.41) is 9.46. The van der Waals surface area contributed by atoms with Crippen LogP contribution >= 0.6 is 11.8 Å². The molecule has 1 saturated heterocycles. The van der Waals surface area contributed by atoms with Crippen molar-refractivity contribution in [3.05, 3.63) is 48.0 Å². The monoisotopic (exact) mass is 412 g/mol. The maximum atomic E-state index is 11.9. The van der Waals surface area contributed by atoms with Crippen molar-refractivity contribution in [2.24, 2.45) is 4.99 Å². The molecule has 1 atom stereocenters. The first-order chi connectivity index (χ1) is 14.2. The molecule has 1 aliphatic heterocycles. The van der Waals surface area contributed by atoms with Crippen molar-refractivity contribution >= 4 is 34.4 Å². The van der Waals surface area contributed by atoms with E-state index in [9.17, 15) is 4.79 Å². The summed E-state index contributed by atoms with van der Waals surface area (Å²) in [5.41, 5.74) is 1.38. The Labute approximate surface area is 178 Å². The van der Waals surface area contributed by atoms with Crippen LogP contribution in [0.25, 0.3) is 10.8 Å². The maximum Gasteiger partial charge on any atom is 0.222 e. The summed E-state index contributed by atoms with van der Waals surface area (Å²) in [5.74, 6) is 3.07. The van der Waals surface area contributed by atoms with Crippen molar-refractivity contribution < 1.29 is 4.79 Å². The third kappa shape index (κ3) is 6.13. The van der Waals surface area contributed by atoms with Crippen LogP contribution in [0.15, 0.2) is 47.5 Å². The topological polar surface area (TPSA) is 56.7 Å². The molecule has 29 heavy (non-hydrogen) atoms. The van der Waals surface area contributed by atoms with E-state index in [4.69, 9.17) is 4.99 Å². The summed E-state index contributed by atoms with van der Waals surface area (Å²) in [4.78, 5) is 18.5. The second-order valence-electron chi connectivity index (χ2n) is 7.27. The number of hydrogen-bond acceptors (Lipinski definition) is 3. The number of rotatable bonds is 8.